The fourth-order valence-electron chi connectivity index (χ4n) is 4.86. The van der Waals surface area contributed by atoms with E-state index in [1.54, 1.807) is 6.07 Å². The highest BCUT2D eigenvalue weighted by Gasteiger charge is 2.46. The van der Waals surface area contributed by atoms with Gasteiger partial charge in [0.05, 0.1) is 19.1 Å². The third-order valence-electron chi connectivity index (χ3n) is 6.53. The van der Waals surface area contributed by atoms with Crippen LogP contribution in [0.2, 0.25) is 0 Å². The van der Waals surface area contributed by atoms with E-state index in [-0.39, 0.29) is 43.1 Å². The standard InChI is InChI=1S/C28H29N3O5/c32-17-25-27-23(14-21(35-25)15-26(33)29-16-18-7-3-1-4-8-18)22-13-20(11-12-24(22)36-27)31-28(34)30-19-9-5-2-6-10-19/h1-13,21,23,25,27,32H,14-17H2,(H,29,33)(H2,30,31,34)/t21-,23+,25+,27-/m0/s1. The number of urea groups is 1. The van der Waals surface area contributed by atoms with E-state index < -0.39 is 6.10 Å². The van der Waals surface area contributed by atoms with Gasteiger partial charge in [-0.15, -0.1) is 0 Å². The number of carbonyl (C=O) groups is 2. The molecule has 8 heteroatoms. The molecule has 0 bridgehead atoms. The molecule has 1 saturated heterocycles. The van der Waals surface area contributed by atoms with Crippen LogP contribution in [-0.2, 0) is 16.1 Å². The first-order valence-electron chi connectivity index (χ1n) is 12.1. The van der Waals surface area contributed by atoms with E-state index in [1.807, 2.05) is 72.8 Å². The van der Waals surface area contributed by atoms with Gasteiger partial charge >= 0.3 is 6.03 Å². The number of ether oxygens (including phenoxy) is 2. The minimum Gasteiger partial charge on any atom is -0.487 e. The van der Waals surface area contributed by atoms with Crippen molar-refractivity contribution in [2.24, 2.45) is 0 Å². The lowest BCUT2D eigenvalue weighted by molar-refractivity contribution is -0.142. The summed E-state index contributed by atoms with van der Waals surface area (Å²) in [6.45, 7) is 0.246. The SMILES string of the molecule is O=C(C[C@@H]1C[C@@H]2c3cc(NC(=O)Nc4ccccc4)ccc3O[C@@H]2[C@@H](CO)O1)NCc1ccccc1. The van der Waals surface area contributed by atoms with E-state index >= 15 is 0 Å². The van der Waals surface area contributed by atoms with Crippen LogP contribution in [0.4, 0.5) is 16.2 Å². The Hall–Kier alpha value is -3.88. The van der Waals surface area contributed by atoms with Crippen molar-refractivity contribution < 1.29 is 24.2 Å². The van der Waals surface area contributed by atoms with Crippen molar-refractivity contribution in [3.8, 4) is 5.75 Å². The first kappa shape index (κ1) is 23.8. The van der Waals surface area contributed by atoms with Gasteiger partial charge in [0.2, 0.25) is 5.91 Å². The van der Waals surface area contributed by atoms with Gasteiger partial charge in [0.15, 0.2) is 0 Å². The molecule has 4 N–H and O–H groups in total. The highest BCUT2D eigenvalue weighted by atomic mass is 16.6. The molecule has 5 rings (SSSR count). The molecule has 4 atom stereocenters. The molecule has 8 nitrogen and oxygen atoms in total. The summed E-state index contributed by atoms with van der Waals surface area (Å²) < 4.78 is 12.2. The largest absolute Gasteiger partial charge is 0.487 e. The fraction of sp³-hybridized carbons (Fsp3) is 0.286. The maximum Gasteiger partial charge on any atom is 0.323 e. The quantitative estimate of drug-likeness (QED) is 0.402. The first-order valence-corrected chi connectivity index (χ1v) is 12.1. The number of para-hydroxylation sites is 1. The van der Waals surface area contributed by atoms with Crippen molar-refractivity contribution in [1.29, 1.82) is 0 Å². The minimum atomic E-state index is -0.541. The average molecular weight is 488 g/mol. The summed E-state index contributed by atoms with van der Waals surface area (Å²) in [5.41, 5.74) is 3.30. The molecule has 2 aliphatic rings. The van der Waals surface area contributed by atoms with Crippen LogP contribution in [0.3, 0.4) is 0 Å². The monoisotopic (exact) mass is 487 g/mol. The van der Waals surface area contributed by atoms with Crippen LogP contribution >= 0.6 is 0 Å². The number of amides is 3. The third kappa shape index (κ3) is 5.50. The molecule has 36 heavy (non-hydrogen) atoms. The van der Waals surface area contributed by atoms with Gasteiger partial charge in [-0.25, -0.2) is 4.79 Å². The summed E-state index contributed by atoms with van der Waals surface area (Å²) in [7, 11) is 0. The van der Waals surface area contributed by atoms with Crippen LogP contribution in [0.25, 0.3) is 0 Å². The second-order valence-corrected chi connectivity index (χ2v) is 9.07. The maximum atomic E-state index is 12.6. The highest BCUT2D eigenvalue weighted by Crippen LogP contribution is 2.47. The molecule has 0 aliphatic carbocycles. The highest BCUT2D eigenvalue weighted by molar-refractivity contribution is 5.99. The molecule has 0 radical (unpaired) electrons. The number of hydrogen-bond donors (Lipinski definition) is 4. The molecule has 2 heterocycles. The lowest BCUT2D eigenvalue weighted by atomic mass is 9.84. The third-order valence-corrected chi connectivity index (χ3v) is 6.53. The molecule has 0 unspecified atom stereocenters. The van der Waals surface area contributed by atoms with Crippen molar-refractivity contribution in [2.75, 3.05) is 17.2 Å². The van der Waals surface area contributed by atoms with E-state index in [4.69, 9.17) is 9.47 Å². The van der Waals surface area contributed by atoms with E-state index in [2.05, 4.69) is 16.0 Å². The number of carbonyl (C=O) groups excluding carboxylic acids is 2. The zero-order valence-electron chi connectivity index (χ0n) is 19.7. The number of fused-ring (bicyclic) bond motifs is 3. The molecule has 0 spiro atoms. The summed E-state index contributed by atoms with van der Waals surface area (Å²) in [5.74, 6) is 0.540. The second kappa shape index (κ2) is 10.8. The van der Waals surface area contributed by atoms with E-state index in [9.17, 15) is 14.7 Å². The number of rotatable bonds is 7. The summed E-state index contributed by atoms with van der Waals surface area (Å²) in [6, 6.07) is 24.1. The van der Waals surface area contributed by atoms with Gasteiger partial charge in [-0.1, -0.05) is 48.5 Å². The van der Waals surface area contributed by atoms with Crippen LogP contribution in [0, 0.1) is 0 Å². The van der Waals surface area contributed by atoms with Crippen molar-refractivity contribution >= 4 is 23.3 Å². The Balaban J connectivity index is 1.24. The molecule has 0 aromatic heterocycles. The first-order chi connectivity index (χ1) is 17.6. The van der Waals surface area contributed by atoms with Gasteiger partial charge in [-0.3, -0.25) is 4.79 Å². The molecule has 2 aliphatic heterocycles. The summed E-state index contributed by atoms with van der Waals surface area (Å²) >= 11 is 0. The molecular formula is C28H29N3O5. The predicted molar refractivity (Wildman–Crippen MR) is 136 cm³/mol. The van der Waals surface area contributed by atoms with Crippen LogP contribution in [0.5, 0.6) is 5.75 Å². The Kier molecular flexibility index (Phi) is 7.16. The van der Waals surface area contributed by atoms with Gasteiger partial charge in [-0.05, 0) is 42.3 Å². The number of benzene rings is 3. The van der Waals surface area contributed by atoms with Gasteiger partial charge in [0.25, 0.3) is 0 Å². The Bertz CT molecular complexity index is 1200. The summed E-state index contributed by atoms with van der Waals surface area (Å²) in [6.07, 6.45) is -0.471. The number of anilines is 2. The molecule has 186 valence electrons. The maximum absolute atomic E-state index is 12.6. The number of aliphatic hydroxyl groups excluding tert-OH is 1. The lowest BCUT2D eigenvalue weighted by Crippen LogP contribution is -2.47. The predicted octanol–water partition coefficient (Wildman–Crippen LogP) is 4.03. The van der Waals surface area contributed by atoms with Crippen LogP contribution in [0.15, 0.2) is 78.9 Å². The van der Waals surface area contributed by atoms with Gasteiger partial charge < -0.3 is 30.5 Å². The van der Waals surface area contributed by atoms with Crippen LogP contribution < -0.4 is 20.7 Å². The molecule has 3 aromatic carbocycles. The van der Waals surface area contributed by atoms with E-state index in [1.165, 1.54) is 0 Å². The number of hydrogen-bond acceptors (Lipinski definition) is 5. The molecule has 3 amide bonds. The van der Waals surface area contributed by atoms with Crippen LogP contribution in [-0.4, -0.2) is 42.0 Å². The fourth-order valence-corrected chi connectivity index (χ4v) is 4.86. The van der Waals surface area contributed by atoms with Gasteiger partial charge in [0.1, 0.15) is 18.0 Å². The van der Waals surface area contributed by atoms with E-state index in [0.29, 0.717) is 30.1 Å². The van der Waals surface area contributed by atoms with E-state index in [0.717, 1.165) is 11.1 Å². The molecular weight excluding hydrogens is 458 g/mol. The van der Waals surface area contributed by atoms with Gasteiger partial charge in [-0.2, -0.15) is 0 Å². The summed E-state index contributed by atoms with van der Waals surface area (Å²) in [4.78, 5) is 25.1. The van der Waals surface area contributed by atoms with Crippen molar-refractivity contribution in [2.45, 2.75) is 43.6 Å². The van der Waals surface area contributed by atoms with Crippen molar-refractivity contribution in [3.63, 3.8) is 0 Å². The Morgan fingerprint density at radius 2 is 1.64 bits per heavy atom. The minimum absolute atomic E-state index is 0.0586. The normalized spacial score (nSPS) is 22.0. The molecule has 3 aromatic rings. The van der Waals surface area contributed by atoms with Crippen molar-refractivity contribution in [3.05, 3.63) is 90.0 Å². The van der Waals surface area contributed by atoms with Crippen LogP contribution in [0.1, 0.15) is 29.9 Å². The Labute approximate surface area is 209 Å². The average Bonchev–Trinajstić information content (AvgIpc) is 3.26. The van der Waals surface area contributed by atoms with Gasteiger partial charge in [0, 0.05) is 29.4 Å². The molecule has 1 fully saturated rings. The zero-order chi connectivity index (χ0) is 24.9. The topological polar surface area (TPSA) is 109 Å². The number of nitrogens with one attached hydrogen (secondary N) is 3. The summed E-state index contributed by atoms with van der Waals surface area (Å²) in [5, 5.41) is 18.6. The second-order valence-electron chi connectivity index (χ2n) is 9.07. The smallest absolute Gasteiger partial charge is 0.323 e. The van der Waals surface area contributed by atoms with Crippen molar-refractivity contribution in [1.82, 2.24) is 5.32 Å². The zero-order valence-corrected chi connectivity index (χ0v) is 19.7. The Morgan fingerprint density at radius 3 is 2.39 bits per heavy atom. The number of aliphatic hydroxyl groups is 1. The Morgan fingerprint density at radius 1 is 0.917 bits per heavy atom. The molecule has 0 saturated carbocycles. The lowest BCUT2D eigenvalue weighted by Gasteiger charge is -2.37.